The van der Waals surface area contributed by atoms with Gasteiger partial charge in [0, 0.05) is 18.2 Å². The van der Waals surface area contributed by atoms with Crippen molar-refractivity contribution < 1.29 is 19.2 Å². The molecule has 0 saturated carbocycles. The summed E-state index contributed by atoms with van der Waals surface area (Å²) in [5.41, 5.74) is -0.872. The Morgan fingerprint density at radius 2 is 2.08 bits per heavy atom. The Balaban J connectivity index is 2.89. The number of aryl methyl sites for hydroxylation is 1. The molecule has 1 N–H and O–H groups in total. The van der Waals surface area contributed by atoms with E-state index in [1.807, 2.05) is 0 Å². The number of hydrogen-bond acceptors (Lipinski definition) is 7. The van der Waals surface area contributed by atoms with Gasteiger partial charge in [-0.2, -0.15) is 5.26 Å². The largest absolute Gasteiger partial charge is 0.485 e. The number of esters is 1. The summed E-state index contributed by atoms with van der Waals surface area (Å²) in [6.45, 7) is 4.45. The van der Waals surface area contributed by atoms with Crippen molar-refractivity contribution >= 4 is 11.7 Å². The molecule has 1 heterocycles. The van der Waals surface area contributed by atoms with Crippen molar-refractivity contribution in [3.8, 4) is 28.7 Å². The molecular formula is C17H15N3O6. The molecule has 0 amide bonds. The van der Waals surface area contributed by atoms with E-state index in [9.17, 15) is 25.0 Å². The molecular weight excluding hydrogens is 342 g/mol. The number of nitrogens with zero attached hydrogens (tertiary/aromatic N) is 2. The number of carbonyl (C=O) groups is 1. The van der Waals surface area contributed by atoms with Gasteiger partial charge in [-0.15, -0.1) is 0 Å². The van der Waals surface area contributed by atoms with Gasteiger partial charge in [0.15, 0.2) is 5.75 Å². The van der Waals surface area contributed by atoms with Crippen molar-refractivity contribution in [3.63, 3.8) is 0 Å². The van der Waals surface area contributed by atoms with Gasteiger partial charge >= 0.3 is 11.7 Å². The van der Waals surface area contributed by atoms with Gasteiger partial charge in [0.2, 0.25) is 5.75 Å². The molecule has 0 bridgehead atoms. The van der Waals surface area contributed by atoms with E-state index in [2.05, 4.69) is 4.98 Å². The summed E-state index contributed by atoms with van der Waals surface area (Å²) >= 11 is 0. The lowest BCUT2D eigenvalue weighted by Crippen LogP contribution is -2.13. The molecule has 0 spiro atoms. The van der Waals surface area contributed by atoms with Gasteiger partial charge in [-0.3, -0.25) is 19.7 Å². The summed E-state index contributed by atoms with van der Waals surface area (Å²) in [4.78, 5) is 36.8. The van der Waals surface area contributed by atoms with Gasteiger partial charge < -0.3 is 14.5 Å². The van der Waals surface area contributed by atoms with E-state index in [1.165, 1.54) is 18.2 Å². The molecule has 0 aliphatic heterocycles. The summed E-state index contributed by atoms with van der Waals surface area (Å²) in [7, 11) is 0. The maximum Gasteiger partial charge on any atom is 0.322 e. The number of rotatable bonds is 5. The first kappa shape index (κ1) is 18.7. The molecule has 0 aliphatic rings. The molecule has 9 heteroatoms. The van der Waals surface area contributed by atoms with Gasteiger partial charge in [-0.05, 0) is 32.0 Å². The lowest BCUT2D eigenvalue weighted by Gasteiger charge is -2.13. The molecule has 134 valence electrons. The standard InChI is InChI=1S/C17H15N3O6/c1-4-25-16-14(26-10(3)21)6-5-11(15(16)20(23)24)12-7-9(2)19-17(22)13(12)8-18/h5-7H,4H2,1-3H3,(H,19,22). The highest BCUT2D eigenvalue weighted by molar-refractivity contribution is 5.84. The molecule has 0 saturated heterocycles. The van der Waals surface area contributed by atoms with E-state index in [-0.39, 0.29) is 34.8 Å². The zero-order chi connectivity index (χ0) is 19.4. The van der Waals surface area contributed by atoms with Gasteiger partial charge in [0.1, 0.15) is 11.6 Å². The van der Waals surface area contributed by atoms with Crippen LogP contribution in [-0.4, -0.2) is 22.5 Å². The Kier molecular flexibility index (Phi) is 5.37. The summed E-state index contributed by atoms with van der Waals surface area (Å²) < 4.78 is 10.3. The molecule has 0 unspecified atom stereocenters. The van der Waals surface area contributed by atoms with Crippen LogP contribution in [0.15, 0.2) is 23.0 Å². The van der Waals surface area contributed by atoms with Crippen molar-refractivity contribution in [2.75, 3.05) is 6.61 Å². The van der Waals surface area contributed by atoms with Crippen LogP contribution in [0.25, 0.3) is 11.1 Å². The molecule has 0 aliphatic carbocycles. The Morgan fingerprint density at radius 1 is 1.38 bits per heavy atom. The smallest absolute Gasteiger partial charge is 0.322 e. The Bertz CT molecular complexity index is 987. The normalized spacial score (nSPS) is 10.1. The van der Waals surface area contributed by atoms with Crippen molar-refractivity contribution in [2.24, 2.45) is 0 Å². The van der Waals surface area contributed by atoms with Crippen LogP contribution < -0.4 is 15.0 Å². The Labute approximate surface area is 147 Å². The predicted octanol–water partition coefficient (Wildman–Crippen LogP) is 2.45. The lowest BCUT2D eigenvalue weighted by atomic mass is 9.98. The summed E-state index contributed by atoms with van der Waals surface area (Å²) in [6, 6.07) is 5.86. The second-order valence-electron chi connectivity index (χ2n) is 5.25. The van der Waals surface area contributed by atoms with Gasteiger partial charge in [-0.25, -0.2) is 0 Å². The molecule has 2 aromatic rings. The number of nitriles is 1. The minimum atomic E-state index is -0.703. The van der Waals surface area contributed by atoms with Gasteiger partial charge in [0.05, 0.1) is 17.1 Å². The van der Waals surface area contributed by atoms with E-state index < -0.39 is 22.1 Å². The van der Waals surface area contributed by atoms with E-state index in [0.717, 1.165) is 6.92 Å². The second-order valence-corrected chi connectivity index (χ2v) is 5.25. The number of hydrogen-bond donors (Lipinski definition) is 1. The van der Waals surface area contributed by atoms with Crippen LogP contribution in [0.1, 0.15) is 25.1 Å². The molecule has 9 nitrogen and oxygen atoms in total. The van der Waals surface area contributed by atoms with Crippen LogP contribution in [0.2, 0.25) is 0 Å². The third-order valence-corrected chi connectivity index (χ3v) is 3.39. The minimum absolute atomic E-state index is 0.0140. The zero-order valence-electron chi connectivity index (χ0n) is 14.3. The van der Waals surface area contributed by atoms with Crippen LogP contribution in [0, 0.1) is 28.4 Å². The van der Waals surface area contributed by atoms with E-state index >= 15 is 0 Å². The Morgan fingerprint density at radius 3 is 2.62 bits per heavy atom. The minimum Gasteiger partial charge on any atom is -0.485 e. The average molecular weight is 357 g/mol. The number of aromatic nitrogens is 1. The maximum atomic E-state index is 12.0. The van der Waals surface area contributed by atoms with E-state index in [4.69, 9.17) is 9.47 Å². The number of aromatic amines is 1. The van der Waals surface area contributed by atoms with Crippen LogP contribution >= 0.6 is 0 Å². The van der Waals surface area contributed by atoms with Crippen molar-refractivity contribution in [1.82, 2.24) is 4.98 Å². The van der Waals surface area contributed by atoms with Crippen LogP contribution in [-0.2, 0) is 4.79 Å². The summed E-state index contributed by atoms with van der Waals surface area (Å²) in [5.74, 6) is -1.03. The number of nitro benzene ring substituents is 1. The molecule has 2 rings (SSSR count). The number of ether oxygens (including phenoxy) is 2. The fourth-order valence-corrected chi connectivity index (χ4v) is 2.48. The van der Waals surface area contributed by atoms with Crippen molar-refractivity contribution in [1.29, 1.82) is 5.26 Å². The summed E-state index contributed by atoms with van der Waals surface area (Å²) in [5, 5.41) is 21.0. The SMILES string of the molecule is CCOc1c(OC(C)=O)ccc(-c2cc(C)[nH]c(=O)c2C#N)c1[N+](=O)[O-]. The zero-order valence-corrected chi connectivity index (χ0v) is 14.3. The third kappa shape index (κ3) is 3.54. The third-order valence-electron chi connectivity index (χ3n) is 3.39. The average Bonchev–Trinajstić information content (AvgIpc) is 2.54. The van der Waals surface area contributed by atoms with Gasteiger partial charge in [0.25, 0.3) is 5.56 Å². The van der Waals surface area contributed by atoms with Crippen molar-refractivity contribution in [2.45, 2.75) is 20.8 Å². The number of benzene rings is 1. The monoisotopic (exact) mass is 357 g/mol. The molecule has 1 aromatic carbocycles. The molecule has 1 aromatic heterocycles. The molecule has 0 atom stereocenters. The number of nitrogens with one attached hydrogen (secondary N) is 1. The fourth-order valence-electron chi connectivity index (χ4n) is 2.48. The fraction of sp³-hybridized carbons (Fsp3) is 0.235. The molecule has 0 fully saturated rings. The number of nitro groups is 1. The first-order valence-corrected chi connectivity index (χ1v) is 7.57. The quantitative estimate of drug-likeness (QED) is 0.376. The highest BCUT2D eigenvalue weighted by atomic mass is 16.6. The number of H-pyrrole nitrogens is 1. The van der Waals surface area contributed by atoms with Crippen LogP contribution in [0.5, 0.6) is 11.5 Å². The second kappa shape index (κ2) is 7.48. The first-order chi connectivity index (χ1) is 12.3. The Hall–Kier alpha value is -3.67. The molecule has 0 radical (unpaired) electrons. The predicted molar refractivity (Wildman–Crippen MR) is 91.1 cm³/mol. The number of carbonyl (C=O) groups excluding carboxylic acids is 1. The number of pyridine rings is 1. The highest BCUT2D eigenvalue weighted by Gasteiger charge is 2.29. The molecule has 26 heavy (non-hydrogen) atoms. The maximum absolute atomic E-state index is 12.0. The lowest BCUT2D eigenvalue weighted by molar-refractivity contribution is -0.385. The van der Waals surface area contributed by atoms with Crippen LogP contribution in [0.4, 0.5) is 5.69 Å². The summed E-state index contributed by atoms with van der Waals surface area (Å²) in [6.07, 6.45) is 0. The highest BCUT2D eigenvalue weighted by Crippen LogP contribution is 2.44. The first-order valence-electron chi connectivity index (χ1n) is 7.57. The van der Waals surface area contributed by atoms with Gasteiger partial charge in [-0.1, -0.05) is 0 Å². The topological polar surface area (TPSA) is 135 Å². The van der Waals surface area contributed by atoms with E-state index in [0.29, 0.717) is 5.69 Å². The van der Waals surface area contributed by atoms with Crippen molar-refractivity contribution in [3.05, 3.63) is 49.9 Å². The van der Waals surface area contributed by atoms with E-state index in [1.54, 1.807) is 19.9 Å². The van der Waals surface area contributed by atoms with Crippen LogP contribution in [0.3, 0.4) is 0 Å².